The molecule has 0 bridgehead atoms. The summed E-state index contributed by atoms with van der Waals surface area (Å²) in [6.07, 6.45) is 0. The van der Waals surface area contributed by atoms with Crippen LogP contribution in [0.5, 0.6) is 23.0 Å². The van der Waals surface area contributed by atoms with Crippen molar-refractivity contribution in [2.24, 2.45) is 0 Å². The lowest BCUT2D eigenvalue weighted by Crippen LogP contribution is -2.41. The highest BCUT2D eigenvalue weighted by Crippen LogP contribution is 2.37. The number of methoxy groups -OCH3 is 2. The van der Waals surface area contributed by atoms with Crippen molar-refractivity contribution in [3.05, 3.63) is 77.4 Å². The third-order valence-corrected chi connectivity index (χ3v) is 6.90. The van der Waals surface area contributed by atoms with Gasteiger partial charge in [0.1, 0.15) is 36.2 Å². The molecular formula is C29H35BO6. The van der Waals surface area contributed by atoms with Gasteiger partial charge < -0.3 is 28.3 Å². The van der Waals surface area contributed by atoms with Gasteiger partial charge in [0.2, 0.25) is 0 Å². The second-order valence-corrected chi connectivity index (χ2v) is 10.0. The van der Waals surface area contributed by atoms with E-state index in [0.29, 0.717) is 24.7 Å². The largest absolute Gasteiger partial charge is 0.496 e. The smallest absolute Gasteiger partial charge is 0.494 e. The van der Waals surface area contributed by atoms with E-state index in [-0.39, 0.29) is 0 Å². The Kier molecular flexibility index (Phi) is 7.53. The van der Waals surface area contributed by atoms with Crippen LogP contribution in [-0.2, 0) is 22.5 Å². The third kappa shape index (κ3) is 5.63. The quantitative estimate of drug-likeness (QED) is 0.371. The molecule has 1 heterocycles. The van der Waals surface area contributed by atoms with Crippen LogP contribution < -0.4 is 24.4 Å². The molecule has 190 valence electrons. The number of rotatable bonds is 9. The Morgan fingerprint density at radius 3 is 1.75 bits per heavy atom. The SMILES string of the molecule is COc1cc(OCc2ccc(B3OC(C)(C)C(C)(C)O3)cc2OC)ccc1COc1ccc(C)cc1. The lowest BCUT2D eigenvalue weighted by atomic mass is 9.78. The molecular weight excluding hydrogens is 455 g/mol. The molecule has 36 heavy (non-hydrogen) atoms. The molecule has 6 nitrogen and oxygen atoms in total. The Balaban J connectivity index is 1.41. The Morgan fingerprint density at radius 2 is 1.17 bits per heavy atom. The summed E-state index contributed by atoms with van der Waals surface area (Å²) in [6, 6.07) is 19.7. The van der Waals surface area contributed by atoms with Crippen molar-refractivity contribution >= 4 is 12.6 Å². The predicted octanol–water partition coefficient (Wildman–Crippen LogP) is 5.47. The van der Waals surface area contributed by atoms with Gasteiger partial charge in [-0.2, -0.15) is 0 Å². The molecule has 1 fully saturated rings. The molecule has 3 aromatic carbocycles. The first-order valence-corrected chi connectivity index (χ1v) is 12.1. The number of hydrogen-bond acceptors (Lipinski definition) is 6. The van der Waals surface area contributed by atoms with Crippen LogP contribution in [0.3, 0.4) is 0 Å². The second kappa shape index (κ2) is 10.5. The molecule has 0 N–H and O–H groups in total. The third-order valence-electron chi connectivity index (χ3n) is 6.90. The van der Waals surface area contributed by atoms with Crippen LogP contribution in [0, 0.1) is 6.92 Å². The van der Waals surface area contributed by atoms with Crippen LogP contribution in [0.15, 0.2) is 60.7 Å². The van der Waals surface area contributed by atoms with Crippen LogP contribution in [0.4, 0.5) is 0 Å². The second-order valence-electron chi connectivity index (χ2n) is 10.0. The monoisotopic (exact) mass is 490 g/mol. The van der Waals surface area contributed by atoms with Crippen molar-refractivity contribution in [1.82, 2.24) is 0 Å². The zero-order valence-corrected chi connectivity index (χ0v) is 22.2. The van der Waals surface area contributed by atoms with Crippen LogP contribution >= 0.6 is 0 Å². The number of benzene rings is 3. The zero-order valence-electron chi connectivity index (χ0n) is 22.2. The number of hydrogen-bond donors (Lipinski definition) is 0. The molecule has 1 saturated heterocycles. The van der Waals surface area contributed by atoms with Crippen molar-refractivity contribution in [3.63, 3.8) is 0 Å². The molecule has 1 aliphatic rings. The lowest BCUT2D eigenvalue weighted by Gasteiger charge is -2.32. The normalized spacial score (nSPS) is 16.0. The topological polar surface area (TPSA) is 55.4 Å². The number of ether oxygens (including phenoxy) is 4. The lowest BCUT2D eigenvalue weighted by molar-refractivity contribution is 0.00578. The average Bonchev–Trinajstić information content (AvgIpc) is 3.09. The van der Waals surface area contributed by atoms with E-state index >= 15 is 0 Å². The van der Waals surface area contributed by atoms with E-state index in [0.717, 1.165) is 28.1 Å². The van der Waals surface area contributed by atoms with Gasteiger partial charge in [-0.1, -0.05) is 29.8 Å². The predicted molar refractivity (Wildman–Crippen MR) is 142 cm³/mol. The fourth-order valence-corrected chi connectivity index (χ4v) is 3.90. The van der Waals surface area contributed by atoms with Crippen LogP contribution in [0.2, 0.25) is 0 Å². The van der Waals surface area contributed by atoms with Crippen LogP contribution in [0.25, 0.3) is 0 Å². The van der Waals surface area contributed by atoms with Crippen LogP contribution in [0.1, 0.15) is 44.4 Å². The molecule has 0 aromatic heterocycles. The molecule has 0 saturated carbocycles. The van der Waals surface area contributed by atoms with Gasteiger partial charge in [0.15, 0.2) is 0 Å². The van der Waals surface area contributed by atoms with Gasteiger partial charge in [-0.25, -0.2) is 0 Å². The van der Waals surface area contributed by atoms with Gasteiger partial charge in [-0.3, -0.25) is 0 Å². The molecule has 1 aliphatic heterocycles. The Bertz CT molecular complexity index is 1170. The molecule has 0 atom stereocenters. The highest BCUT2D eigenvalue weighted by molar-refractivity contribution is 6.62. The molecule has 0 aliphatic carbocycles. The van der Waals surface area contributed by atoms with Crippen LogP contribution in [-0.4, -0.2) is 32.5 Å². The first-order valence-electron chi connectivity index (χ1n) is 12.1. The summed E-state index contributed by atoms with van der Waals surface area (Å²) in [5, 5.41) is 0. The molecule has 0 unspecified atom stereocenters. The summed E-state index contributed by atoms with van der Waals surface area (Å²) in [6.45, 7) is 11.0. The molecule has 0 amide bonds. The summed E-state index contributed by atoms with van der Waals surface area (Å²) in [5.41, 5.74) is 3.17. The first kappa shape index (κ1) is 25.9. The Labute approximate surface area is 214 Å². The minimum Gasteiger partial charge on any atom is -0.496 e. The van der Waals surface area contributed by atoms with Crippen molar-refractivity contribution in [1.29, 1.82) is 0 Å². The summed E-state index contributed by atoms with van der Waals surface area (Å²) >= 11 is 0. The van der Waals surface area contributed by atoms with E-state index in [2.05, 4.69) is 6.92 Å². The highest BCUT2D eigenvalue weighted by atomic mass is 16.7. The Morgan fingerprint density at radius 1 is 0.667 bits per heavy atom. The average molecular weight is 490 g/mol. The van der Waals surface area contributed by atoms with E-state index in [1.54, 1.807) is 14.2 Å². The molecule has 3 aromatic rings. The molecule has 4 rings (SSSR count). The standard InChI is InChI=1S/C29H35BO6/c1-20-8-13-24(14-9-20)33-18-22-11-15-25(17-27(22)32-7)34-19-21-10-12-23(16-26(21)31-6)30-35-28(2,3)29(4,5)36-30/h8-17H,18-19H2,1-7H3. The first-order chi connectivity index (χ1) is 17.1. The van der Waals surface area contributed by atoms with E-state index in [4.69, 9.17) is 28.3 Å². The summed E-state index contributed by atoms with van der Waals surface area (Å²) in [4.78, 5) is 0. The van der Waals surface area contributed by atoms with E-state index in [1.165, 1.54) is 5.56 Å². The summed E-state index contributed by atoms with van der Waals surface area (Å²) in [7, 11) is 2.85. The van der Waals surface area contributed by atoms with Crippen molar-refractivity contribution in [3.8, 4) is 23.0 Å². The number of aryl methyl sites for hydroxylation is 1. The van der Waals surface area contributed by atoms with E-state index in [9.17, 15) is 0 Å². The Hall–Kier alpha value is -3.16. The van der Waals surface area contributed by atoms with Gasteiger partial charge in [-0.05, 0) is 70.4 Å². The minimum atomic E-state index is -0.446. The summed E-state index contributed by atoms with van der Waals surface area (Å²) < 4.78 is 35.6. The zero-order chi connectivity index (χ0) is 25.9. The van der Waals surface area contributed by atoms with Gasteiger partial charge in [0, 0.05) is 17.2 Å². The van der Waals surface area contributed by atoms with Gasteiger partial charge >= 0.3 is 7.12 Å². The van der Waals surface area contributed by atoms with Gasteiger partial charge in [0.25, 0.3) is 0 Å². The van der Waals surface area contributed by atoms with E-state index in [1.807, 2.05) is 88.4 Å². The molecule has 0 spiro atoms. The van der Waals surface area contributed by atoms with Gasteiger partial charge in [0.05, 0.1) is 25.4 Å². The summed E-state index contributed by atoms with van der Waals surface area (Å²) in [5.74, 6) is 2.95. The minimum absolute atomic E-state index is 0.342. The van der Waals surface area contributed by atoms with Gasteiger partial charge in [-0.15, -0.1) is 0 Å². The maximum Gasteiger partial charge on any atom is 0.494 e. The van der Waals surface area contributed by atoms with E-state index < -0.39 is 18.3 Å². The fraction of sp³-hybridized carbons (Fsp3) is 0.379. The maximum atomic E-state index is 6.18. The van der Waals surface area contributed by atoms with Crippen molar-refractivity contribution in [2.45, 2.75) is 59.0 Å². The highest BCUT2D eigenvalue weighted by Gasteiger charge is 2.51. The molecule has 0 radical (unpaired) electrons. The maximum absolute atomic E-state index is 6.18. The molecule has 7 heteroatoms. The van der Waals surface area contributed by atoms with Crippen molar-refractivity contribution in [2.75, 3.05) is 14.2 Å². The fourth-order valence-electron chi connectivity index (χ4n) is 3.90. The van der Waals surface area contributed by atoms with Crippen molar-refractivity contribution < 1.29 is 28.3 Å².